The molecule has 0 N–H and O–H groups in total. The number of allylic oxidation sites excluding steroid dienone is 4. The summed E-state index contributed by atoms with van der Waals surface area (Å²) < 4.78 is 0. The maximum atomic E-state index is 3.36. The van der Waals surface area contributed by atoms with Gasteiger partial charge in [-0.05, 0) is 0 Å². The monoisotopic (exact) mass is 534 g/mol. The molecule has 1 aliphatic carbocycles. The topological polar surface area (TPSA) is 0 Å². The van der Waals surface area contributed by atoms with E-state index in [1.54, 1.807) is 35.4 Å². The Morgan fingerprint density at radius 1 is 0.867 bits per heavy atom. The zero-order valence-corrected chi connectivity index (χ0v) is 23.9. The van der Waals surface area contributed by atoms with Crippen LogP contribution in [0.4, 0.5) is 0 Å². The van der Waals surface area contributed by atoms with Crippen molar-refractivity contribution in [3.05, 3.63) is 103 Å². The van der Waals surface area contributed by atoms with E-state index in [4.69, 9.17) is 0 Å². The summed E-state index contributed by atoms with van der Waals surface area (Å²) in [7, 11) is 0. The first kappa shape index (κ1) is 29.0. The third-order valence-corrected chi connectivity index (χ3v) is 5.00. The molecule has 2 radical (unpaired) electrons. The van der Waals surface area contributed by atoms with Crippen LogP contribution in [0.15, 0.2) is 83.4 Å². The van der Waals surface area contributed by atoms with Crippen LogP contribution in [0.25, 0.3) is 21.9 Å². The molecule has 30 heavy (non-hydrogen) atoms. The molecule has 4 rings (SSSR count). The fraction of sp³-hybridized carbons (Fsp3) is 0.250. The van der Waals surface area contributed by atoms with Gasteiger partial charge in [0.15, 0.2) is 0 Å². The molecule has 158 valence electrons. The van der Waals surface area contributed by atoms with Crippen molar-refractivity contribution < 1.29 is 21.6 Å². The molecule has 1 unspecified atom stereocenters. The third-order valence-electron chi connectivity index (χ3n) is 5.00. The number of benzene rings is 2. The molecule has 0 aliphatic heterocycles. The second kappa shape index (κ2) is 16.6. The minimum atomic E-state index is 0.560. The average Bonchev–Trinajstić information content (AvgIpc) is 3.35. The first-order chi connectivity index (χ1) is 14.6. The van der Waals surface area contributed by atoms with Gasteiger partial charge < -0.3 is 13.8 Å². The molecule has 3 aromatic rings. The molecule has 0 heterocycles. The molecule has 1 aliphatic rings. The van der Waals surface area contributed by atoms with Gasteiger partial charge in [-0.2, -0.15) is 25.0 Å². The number of rotatable bonds is 1. The first-order valence-electron chi connectivity index (χ1n) is 10.2. The molecule has 0 bridgehead atoms. The van der Waals surface area contributed by atoms with Crippen LogP contribution in [0.5, 0.6) is 0 Å². The van der Waals surface area contributed by atoms with E-state index in [1.807, 2.05) is 0 Å². The summed E-state index contributed by atoms with van der Waals surface area (Å²) >= 11 is 3.64. The van der Waals surface area contributed by atoms with E-state index >= 15 is 0 Å². The maximum absolute atomic E-state index is 3.36. The zero-order chi connectivity index (χ0) is 23.1. The SMILES string of the molecule is CC1=[C-]C(C)C(C)=C1C.[CH2-]C.[CH2-]C.[Ge]=[Zr].c1ccc(-c2c[cH-]c3ccccc23)cc1. The van der Waals surface area contributed by atoms with E-state index in [9.17, 15) is 0 Å². The molecule has 0 fully saturated rings. The van der Waals surface area contributed by atoms with E-state index in [-0.39, 0.29) is 0 Å². The molecule has 0 aromatic heterocycles. The van der Waals surface area contributed by atoms with E-state index < -0.39 is 0 Å². The molecule has 1 atom stereocenters. The van der Waals surface area contributed by atoms with Gasteiger partial charge in [0.05, 0.1) is 0 Å². The molecule has 0 nitrogen and oxygen atoms in total. The quantitative estimate of drug-likeness (QED) is 0.218. The predicted molar refractivity (Wildman–Crippen MR) is 133 cm³/mol. The van der Waals surface area contributed by atoms with Crippen molar-refractivity contribution in [3.8, 4) is 11.1 Å². The summed E-state index contributed by atoms with van der Waals surface area (Å²) in [6.07, 6.45) is 3.36. The fourth-order valence-corrected chi connectivity index (χ4v) is 3.18. The van der Waals surface area contributed by atoms with Crippen LogP contribution in [-0.2, 0) is 21.6 Å². The Labute approximate surface area is 205 Å². The van der Waals surface area contributed by atoms with Crippen LogP contribution in [0, 0.1) is 25.8 Å². The summed E-state index contributed by atoms with van der Waals surface area (Å²) in [5, 5.41) is 2.65. The van der Waals surface area contributed by atoms with Gasteiger partial charge in [0.1, 0.15) is 0 Å². The minimum absolute atomic E-state index is 0.560. The summed E-state index contributed by atoms with van der Waals surface area (Å²) in [5.74, 6) is 0.560. The zero-order valence-electron chi connectivity index (χ0n) is 19.3. The van der Waals surface area contributed by atoms with Gasteiger partial charge in [-0.25, -0.2) is 5.57 Å². The summed E-state index contributed by atoms with van der Waals surface area (Å²) in [5.41, 5.74) is 6.86. The smallest absolute Gasteiger partial charge is 0.0623 e. The van der Waals surface area contributed by atoms with Crippen LogP contribution in [0.2, 0.25) is 0 Å². The molecule has 0 spiro atoms. The van der Waals surface area contributed by atoms with E-state index in [0.717, 1.165) is 0 Å². The molecule has 0 amide bonds. The Hall–Kier alpha value is -1.04. The van der Waals surface area contributed by atoms with Crippen LogP contribution in [0.3, 0.4) is 0 Å². The maximum Gasteiger partial charge on any atom is -0.0623 e. The molecular formula is C28H34GeZr-4. The summed E-state index contributed by atoms with van der Waals surface area (Å²) in [4.78, 5) is 0. The Morgan fingerprint density at radius 3 is 1.87 bits per heavy atom. The van der Waals surface area contributed by atoms with Crippen molar-refractivity contribution in [1.29, 1.82) is 0 Å². The van der Waals surface area contributed by atoms with Crippen LogP contribution >= 0.6 is 0 Å². The van der Waals surface area contributed by atoms with Gasteiger partial charge in [0.2, 0.25) is 0 Å². The summed E-state index contributed by atoms with van der Waals surface area (Å²) in [6.45, 7) is 18.7. The fourth-order valence-electron chi connectivity index (χ4n) is 3.18. The molecule has 3 aromatic carbocycles. The Bertz CT molecular complexity index is 916. The molecular weight excluding hydrogens is 500 g/mol. The van der Waals surface area contributed by atoms with Crippen LogP contribution in [0.1, 0.15) is 41.5 Å². The largest absolute Gasteiger partial charge is 0.150 e. The standard InChI is InChI=1S/C15H11.C9H13.2C2H5.Ge.Zr/c1-2-6-12(7-3-1)15-11-10-13-8-4-5-9-14(13)15;1-6-5-7(2)9(4)8(6)3;2*1-2;;/h1-11H;6H,1-4H3;2*1H2,2H3;;/q4*-1;;. The Morgan fingerprint density at radius 2 is 1.40 bits per heavy atom. The van der Waals surface area contributed by atoms with E-state index in [1.165, 1.54) is 38.6 Å². The van der Waals surface area contributed by atoms with Gasteiger partial charge in [0.25, 0.3) is 0 Å². The van der Waals surface area contributed by atoms with Gasteiger partial charge in [-0.1, -0.05) is 68.7 Å². The number of hydrogen-bond acceptors (Lipinski definition) is 0. The van der Waals surface area contributed by atoms with Crippen LogP contribution in [-0.4, -0.2) is 12.1 Å². The van der Waals surface area contributed by atoms with Gasteiger partial charge >= 0.3 is 33.7 Å². The van der Waals surface area contributed by atoms with Gasteiger partial charge in [0, 0.05) is 0 Å². The minimum Gasteiger partial charge on any atom is -0.150 e. The van der Waals surface area contributed by atoms with Gasteiger partial charge in [-0.15, -0.1) is 53.6 Å². The average molecular weight is 534 g/mol. The summed E-state index contributed by atoms with van der Waals surface area (Å²) in [6, 6.07) is 23.4. The predicted octanol–water partition coefficient (Wildman–Crippen LogP) is 8.25. The molecule has 0 saturated carbocycles. The van der Waals surface area contributed by atoms with Crippen molar-refractivity contribution in [2.45, 2.75) is 41.5 Å². The van der Waals surface area contributed by atoms with Crippen LogP contribution < -0.4 is 0 Å². The van der Waals surface area contributed by atoms with Crippen molar-refractivity contribution in [2.24, 2.45) is 5.92 Å². The van der Waals surface area contributed by atoms with Crippen molar-refractivity contribution in [3.63, 3.8) is 0 Å². The van der Waals surface area contributed by atoms with Crippen molar-refractivity contribution >= 4 is 22.9 Å². The second-order valence-corrected chi connectivity index (χ2v) is 6.50. The second-order valence-electron chi connectivity index (χ2n) is 6.50. The normalized spacial score (nSPS) is 14.0. The van der Waals surface area contributed by atoms with E-state index in [2.05, 4.69) is 126 Å². The Kier molecular flexibility index (Phi) is 16.0. The van der Waals surface area contributed by atoms with E-state index in [0.29, 0.717) is 5.92 Å². The van der Waals surface area contributed by atoms with Crippen molar-refractivity contribution in [1.82, 2.24) is 0 Å². The molecule has 0 saturated heterocycles. The third kappa shape index (κ3) is 8.24. The number of fused-ring (bicyclic) bond motifs is 1. The molecule has 2 heteroatoms. The Balaban J connectivity index is 0.000000484. The first-order valence-corrected chi connectivity index (χ1v) is 17.7. The van der Waals surface area contributed by atoms with Gasteiger partial charge in [-0.3, -0.25) is 6.08 Å². The number of hydrogen-bond donors (Lipinski definition) is 0. The van der Waals surface area contributed by atoms with Crippen molar-refractivity contribution in [2.75, 3.05) is 0 Å².